The van der Waals surface area contributed by atoms with Gasteiger partial charge in [0, 0.05) is 19.3 Å². The van der Waals surface area contributed by atoms with Crippen molar-refractivity contribution in [1.29, 1.82) is 0 Å². The summed E-state index contributed by atoms with van der Waals surface area (Å²) in [4.78, 5) is 24.3. The molecule has 230 valence electrons. The highest BCUT2D eigenvalue weighted by molar-refractivity contribution is 6.02. The van der Waals surface area contributed by atoms with E-state index in [9.17, 15) is 14.7 Å². The molecule has 3 aromatic carbocycles. The van der Waals surface area contributed by atoms with Gasteiger partial charge in [-0.3, -0.25) is 4.79 Å². The van der Waals surface area contributed by atoms with Gasteiger partial charge in [-0.2, -0.15) is 0 Å². The van der Waals surface area contributed by atoms with Crippen LogP contribution < -0.4 is 10.6 Å². The zero-order valence-corrected chi connectivity index (χ0v) is 27.1. The molecule has 3 aromatic rings. The molecule has 6 heteroatoms. The molecule has 3 N–H and O–H groups in total. The number of aryl methyl sites for hydroxylation is 2. The standard InChI is InChI=1S/C21H26N2O3.C12H18.C3H8O/c1-4-15-9-10-17(18(13-15)16-8-6-5-7-14(16)2)20(24)23-19(21(25)26)11-12-22-3;1-9(2)11-6-5-7-12(8-11)10(3)4;1-3-4-2/h5-10,13,19,22H,4,11-12H2,1-3H3,(H,23,24)(H,25,26);5-10H,1-4H3;3H2,1-2H3. The lowest BCUT2D eigenvalue weighted by atomic mass is 9.93. The van der Waals surface area contributed by atoms with Crippen LogP contribution in [0, 0.1) is 6.92 Å². The van der Waals surface area contributed by atoms with Crippen LogP contribution in [0.4, 0.5) is 0 Å². The van der Waals surface area contributed by atoms with Crippen molar-refractivity contribution in [2.24, 2.45) is 0 Å². The van der Waals surface area contributed by atoms with Crippen molar-refractivity contribution >= 4 is 11.9 Å². The number of ether oxygens (including phenoxy) is 1. The molecular weight excluding hydrogens is 524 g/mol. The molecule has 1 atom stereocenters. The number of carboxylic acid groups (broad SMARTS) is 1. The minimum absolute atomic E-state index is 0.324. The largest absolute Gasteiger partial charge is 0.480 e. The molecule has 0 spiro atoms. The summed E-state index contributed by atoms with van der Waals surface area (Å²) in [5.74, 6) is -0.113. The van der Waals surface area contributed by atoms with Gasteiger partial charge in [-0.15, -0.1) is 0 Å². The number of carbonyl (C=O) groups excluding carboxylic acids is 1. The van der Waals surface area contributed by atoms with Crippen LogP contribution in [0.1, 0.15) is 92.4 Å². The van der Waals surface area contributed by atoms with E-state index in [0.29, 0.717) is 30.4 Å². The summed E-state index contributed by atoms with van der Waals surface area (Å²) < 4.78 is 4.54. The number of carboxylic acids is 1. The quantitative estimate of drug-likeness (QED) is 0.219. The fourth-order valence-electron chi connectivity index (χ4n) is 4.17. The van der Waals surface area contributed by atoms with Crippen molar-refractivity contribution in [2.45, 2.75) is 79.2 Å². The predicted molar refractivity (Wildman–Crippen MR) is 176 cm³/mol. The third-order valence-electron chi connectivity index (χ3n) is 6.99. The Morgan fingerprint density at radius 3 is 1.93 bits per heavy atom. The normalized spacial score (nSPS) is 11.2. The van der Waals surface area contributed by atoms with Crippen LogP contribution in [0.2, 0.25) is 0 Å². The Morgan fingerprint density at radius 1 is 0.857 bits per heavy atom. The van der Waals surface area contributed by atoms with Gasteiger partial charge in [-0.05, 0) is 91.6 Å². The number of rotatable bonds is 11. The molecule has 0 saturated heterocycles. The lowest BCUT2D eigenvalue weighted by Gasteiger charge is -2.17. The second kappa shape index (κ2) is 19.6. The zero-order valence-electron chi connectivity index (χ0n) is 27.1. The fourth-order valence-corrected chi connectivity index (χ4v) is 4.17. The molecule has 0 aromatic heterocycles. The van der Waals surface area contributed by atoms with Gasteiger partial charge in [0.2, 0.25) is 0 Å². The van der Waals surface area contributed by atoms with Gasteiger partial charge < -0.3 is 20.5 Å². The van der Waals surface area contributed by atoms with Gasteiger partial charge in [-0.25, -0.2) is 4.79 Å². The number of hydrogen-bond acceptors (Lipinski definition) is 4. The maximum Gasteiger partial charge on any atom is 0.326 e. The van der Waals surface area contributed by atoms with Gasteiger partial charge in [-0.1, -0.05) is 95.3 Å². The maximum atomic E-state index is 12.8. The van der Waals surface area contributed by atoms with Crippen LogP contribution in [0.3, 0.4) is 0 Å². The summed E-state index contributed by atoms with van der Waals surface area (Å²) >= 11 is 0. The molecule has 3 rings (SSSR count). The van der Waals surface area contributed by atoms with Crippen LogP contribution in [0.5, 0.6) is 0 Å². The number of nitrogens with one attached hydrogen (secondary N) is 2. The molecule has 1 unspecified atom stereocenters. The van der Waals surface area contributed by atoms with E-state index in [1.54, 1.807) is 20.2 Å². The summed E-state index contributed by atoms with van der Waals surface area (Å²) in [5.41, 5.74) is 7.40. The van der Waals surface area contributed by atoms with E-state index >= 15 is 0 Å². The van der Waals surface area contributed by atoms with Gasteiger partial charge in [0.1, 0.15) is 6.04 Å². The number of amides is 1. The first kappa shape index (κ1) is 36.5. The summed E-state index contributed by atoms with van der Waals surface area (Å²) in [5, 5.41) is 14.9. The monoisotopic (exact) mass is 576 g/mol. The maximum absolute atomic E-state index is 12.8. The molecule has 0 aliphatic carbocycles. The van der Waals surface area contributed by atoms with Crippen molar-refractivity contribution in [3.63, 3.8) is 0 Å². The van der Waals surface area contributed by atoms with E-state index in [2.05, 4.69) is 74.3 Å². The summed E-state index contributed by atoms with van der Waals surface area (Å²) in [6, 6.07) is 21.6. The number of methoxy groups -OCH3 is 1. The molecular formula is C36H52N2O4. The molecule has 0 heterocycles. The minimum Gasteiger partial charge on any atom is -0.480 e. The second-order valence-corrected chi connectivity index (χ2v) is 10.9. The van der Waals surface area contributed by atoms with Gasteiger partial charge >= 0.3 is 5.97 Å². The molecule has 0 saturated carbocycles. The van der Waals surface area contributed by atoms with E-state index in [1.165, 1.54) is 11.1 Å². The Kier molecular flexibility index (Phi) is 17.1. The molecule has 1 amide bonds. The average Bonchev–Trinajstić information content (AvgIpc) is 2.99. The number of carbonyl (C=O) groups is 2. The zero-order chi connectivity index (χ0) is 31.7. The van der Waals surface area contributed by atoms with Crippen LogP contribution >= 0.6 is 0 Å². The van der Waals surface area contributed by atoms with Crippen LogP contribution in [0.25, 0.3) is 11.1 Å². The molecule has 0 bridgehead atoms. The molecule has 42 heavy (non-hydrogen) atoms. The topological polar surface area (TPSA) is 87.7 Å². The Hall–Kier alpha value is -3.48. The van der Waals surface area contributed by atoms with Gasteiger partial charge in [0.05, 0.1) is 0 Å². The molecule has 0 radical (unpaired) electrons. The molecule has 0 aliphatic heterocycles. The van der Waals surface area contributed by atoms with Gasteiger partial charge in [0.15, 0.2) is 0 Å². The third-order valence-corrected chi connectivity index (χ3v) is 6.99. The van der Waals surface area contributed by atoms with Crippen molar-refractivity contribution < 1.29 is 19.4 Å². The van der Waals surface area contributed by atoms with Crippen molar-refractivity contribution in [3.05, 3.63) is 94.5 Å². The number of hydrogen-bond donors (Lipinski definition) is 3. The van der Waals surface area contributed by atoms with E-state index in [-0.39, 0.29) is 5.91 Å². The number of aliphatic carboxylic acids is 1. The SMILES string of the molecule is CC(C)c1cccc(C(C)C)c1.CCOC.CCc1ccc(C(=O)NC(CCNC)C(=O)O)c(-c2ccccc2C)c1. The smallest absolute Gasteiger partial charge is 0.326 e. The first-order valence-electron chi connectivity index (χ1n) is 15.0. The highest BCUT2D eigenvalue weighted by atomic mass is 16.5. The van der Waals surface area contributed by atoms with E-state index < -0.39 is 12.0 Å². The first-order chi connectivity index (χ1) is 20.0. The van der Waals surface area contributed by atoms with Crippen LogP contribution in [0.15, 0.2) is 66.7 Å². The predicted octanol–water partition coefficient (Wildman–Crippen LogP) is 7.60. The Bertz CT molecular complexity index is 1210. The lowest BCUT2D eigenvalue weighted by Crippen LogP contribution is -2.42. The average molecular weight is 577 g/mol. The van der Waals surface area contributed by atoms with E-state index in [0.717, 1.165) is 35.3 Å². The highest BCUT2D eigenvalue weighted by Gasteiger charge is 2.22. The number of benzene rings is 3. The van der Waals surface area contributed by atoms with Crippen LogP contribution in [-0.4, -0.2) is 50.3 Å². The van der Waals surface area contributed by atoms with Crippen LogP contribution in [-0.2, 0) is 16.0 Å². The fraction of sp³-hybridized carbons (Fsp3) is 0.444. The Balaban J connectivity index is 0.000000455. The molecule has 0 fully saturated rings. The molecule has 0 aliphatic rings. The van der Waals surface area contributed by atoms with Gasteiger partial charge in [0.25, 0.3) is 5.91 Å². The summed E-state index contributed by atoms with van der Waals surface area (Å²) in [6.07, 6.45) is 1.19. The Labute approximate surface area is 253 Å². The van der Waals surface area contributed by atoms with Crippen molar-refractivity contribution in [1.82, 2.24) is 10.6 Å². The lowest BCUT2D eigenvalue weighted by molar-refractivity contribution is -0.139. The van der Waals surface area contributed by atoms with E-state index in [4.69, 9.17) is 0 Å². The first-order valence-corrected chi connectivity index (χ1v) is 15.0. The van der Waals surface area contributed by atoms with Crippen molar-refractivity contribution in [2.75, 3.05) is 27.3 Å². The second-order valence-electron chi connectivity index (χ2n) is 10.9. The third kappa shape index (κ3) is 12.2. The van der Waals surface area contributed by atoms with Crippen molar-refractivity contribution in [3.8, 4) is 11.1 Å². The molecule has 6 nitrogen and oxygen atoms in total. The summed E-state index contributed by atoms with van der Waals surface area (Å²) in [7, 11) is 3.43. The minimum atomic E-state index is -1.03. The highest BCUT2D eigenvalue weighted by Crippen LogP contribution is 2.28. The Morgan fingerprint density at radius 2 is 1.45 bits per heavy atom. The summed E-state index contributed by atoms with van der Waals surface area (Å²) in [6.45, 7) is 16.3. The van der Waals surface area contributed by atoms with E-state index in [1.807, 2.05) is 50.2 Å².